The van der Waals surface area contributed by atoms with Crippen LogP contribution >= 0.6 is 11.6 Å². The molecule has 0 bridgehead atoms. The summed E-state index contributed by atoms with van der Waals surface area (Å²) in [6.45, 7) is 4.85. The molecule has 0 unspecified atom stereocenters. The average molecular weight is 399 g/mol. The van der Waals surface area contributed by atoms with E-state index in [0.717, 1.165) is 5.56 Å². The van der Waals surface area contributed by atoms with E-state index in [-0.39, 0.29) is 24.0 Å². The molecule has 2 aromatic rings. The minimum absolute atomic E-state index is 0.0286. The van der Waals surface area contributed by atoms with Crippen LogP contribution in [0.3, 0.4) is 0 Å². The summed E-state index contributed by atoms with van der Waals surface area (Å²) in [6.07, 6.45) is 1.42. The summed E-state index contributed by atoms with van der Waals surface area (Å²) < 4.78 is 24.2. The SMILES string of the molecule is CC(C)(C)n1ncc(OCc2ccc(C(N)(N)OCCF)cc2)c(Cl)c1=O. The summed E-state index contributed by atoms with van der Waals surface area (Å²) in [4.78, 5) is 12.3. The lowest BCUT2D eigenvalue weighted by molar-refractivity contribution is -0.0467. The first-order valence-electron chi connectivity index (χ1n) is 8.34. The maximum atomic E-state index is 12.3. The predicted octanol–water partition coefficient (Wildman–Crippen LogP) is 2.24. The van der Waals surface area contributed by atoms with Gasteiger partial charge < -0.3 is 9.47 Å². The van der Waals surface area contributed by atoms with Crippen molar-refractivity contribution < 1.29 is 13.9 Å². The molecular formula is C18H24ClFN4O3. The maximum Gasteiger partial charge on any atom is 0.289 e. The van der Waals surface area contributed by atoms with Crippen molar-refractivity contribution in [3.63, 3.8) is 0 Å². The Labute approximate surface area is 162 Å². The molecule has 0 amide bonds. The van der Waals surface area contributed by atoms with Gasteiger partial charge in [-0.1, -0.05) is 35.9 Å². The Kier molecular flexibility index (Phi) is 6.59. The summed E-state index contributed by atoms with van der Waals surface area (Å²) in [6, 6.07) is 6.80. The van der Waals surface area contributed by atoms with Crippen molar-refractivity contribution in [2.24, 2.45) is 11.5 Å². The smallest absolute Gasteiger partial charge is 0.289 e. The van der Waals surface area contributed by atoms with Gasteiger partial charge in [0.25, 0.3) is 5.56 Å². The minimum Gasteiger partial charge on any atom is -0.485 e. The largest absolute Gasteiger partial charge is 0.485 e. The summed E-state index contributed by atoms with van der Waals surface area (Å²) in [7, 11) is 0. The van der Waals surface area contributed by atoms with Crippen LogP contribution in [0.1, 0.15) is 31.9 Å². The number of rotatable bonds is 7. The van der Waals surface area contributed by atoms with Crippen molar-refractivity contribution in [3.8, 4) is 5.75 Å². The molecule has 4 N–H and O–H groups in total. The van der Waals surface area contributed by atoms with Crippen LogP contribution in [-0.4, -0.2) is 23.1 Å². The summed E-state index contributed by atoms with van der Waals surface area (Å²) in [5, 5.41) is 4.08. The van der Waals surface area contributed by atoms with E-state index in [9.17, 15) is 9.18 Å². The highest BCUT2D eigenvalue weighted by molar-refractivity contribution is 6.31. The fourth-order valence-corrected chi connectivity index (χ4v) is 2.49. The number of halogens is 2. The number of alkyl halides is 1. The summed E-state index contributed by atoms with van der Waals surface area (Å²) >= 11 is 6.13. The van der Waals surface area contributed by atoms with Gasteiger partial charge in [0.1, 0.15) is 13.3 Å². The second-order valence-electron chi connectivity index (χ2n) is 7.03. The van der Waals surface area contributed by atoms with Gasteiger partial charge in [0, 0.05) is 5.56 Å². The Morgan fingerprint density at radius 1 is 1.22 bits per heavy atom. The Bertz CT molecular complexity index is 832. The van der Waals surface area contributed by atoms with Gasteiger partial charge in [-0.25, -0.2) is 9.07 Å². The lowest BCUT2D eigenvalue weighted by atomic mass is 10.1. The van der Waals surface area contributed by atoms with E-state index in [2.05, 4.69) is 5.10 Å². The highest BCUT2D eigenvalue weighted by Gasteiger charge is 2.23. The molecule has 1 aromatic carbocycles. The predicted molar refractivity (Wildman–Crippen MR) is 101 cm³/mol. The molecular weight excluding hydrogens is 375 g/mol. The third-order valence-electron chi connectivity index (χ3n) is 3.74. The first-order chi connectivity index (χ1) is 12.6. The van der Waals surface area contributed by atoms with E-state index in [1.54, 1.807) is 24.3 Å². The average Bonchev–Trinajstić information content (AvgIpc) is 2.60. The lowest BCUT2D eigenvalue weighted by Crippen LogP contribution is -2.49. The maximum absolute atomic E-state index is 12.3. The van der Waals surface area contributed by atoms with Gasteiger partial charge in [0.05, 0.1) is 18.3 Å². The van der Waals surface area contributed by atoms with Crippen LogP contribution in [0, 0.1) is 0 Å². The van der Waals surface area contributed by atoms with Crippen LogP contribution in [-0.2, 0) is 22.7 Å². The van der Waals surface area contributed by atoms with Crippen LogP contribution in [0.25, 0.3) is 0 Å². The van der Waals surface area contributed by atoms with Crippen LogP contribution in [0.15, 0.2) is 35.3 Å². The number of nitrogens with zero attached hydrogens (tertiary/aromatic N) is 2. The monoisotopic (exact) mass is 398 g/mol. The van der Waals surface area contributed by atoms with Crippen molar-refractivity contribution in [2.45, 2.75) is 38.8 Å². The zero-order valence-electron chi connectivity index (χ0n) is 15.5. The number of nitrogens with two attached hydrogens (primary N) is 2. The van der Waals surface area contributed by atoms with Crippen LogP contribution in [0.2, 0.25) is 5.02 Å². The zero-order valence-corrected chi connectivity index (χ0v) is 16.3. The van der Waals surface area contributed by atoms with Crippen LogP contribution in [0.4, 0.5) is 4.39 Å². The van der Waals surface area contributed by atoms with Gasteiger partial charge in [0.15, 0.2) is 16.6 Å². The van der Waals surface area contributed by atoms with E-state index in [0.29, 0.717) is 5.56 Å². The van der Waals surface area contributed by atoms with Gasteiger partial charge in [-0.05, 0) is 26.3 Å². The molecule has 0 saturated heterocycles. The molecule has 2 rings (SSSR count). The summed E-state index contributed by atoms with van der Waals surface area (Å²) in [5.74, 6) is -1.37. The van der Waals surface area contributed by atoms with Crippen molar-refractivity contribution >= 4 is 11.6 Å². The van der Waals surface area contributed by atoms with E-state index >= 15 is 0 Å². The number of hydrogen-bond acceptors (Lipinski definition) is 6. The fourth-order valence-electron chi connectivity index (χ4n) is 2.31. The number of hydrogen-bond donors (Lipinski definition) is 2. The van der Waals surface area contributed by atoms with Crippen molar-refractivity contribution in [1.82, 2.24) is 9.78 Å². The quantitative estimate of drug-likeness (QED) is 0.693. The molecule has 0 aliphatic carbocycles. The summed E-state index contributed by atoms with van der Waals surface area (Å²) in [5.41, 5.74) is 12.0. The van der Waals surface area contributed by atoms with Crippen LogP contribution < -0.4 is 21.8 Å². The van der Waals surface area contributed by atoms with E-state index < -0.39 is 23.6 Å². The van der Waals surface area contributed by atoms with E-state index in [1.165, 1.54) is 10.9 Å². The second kappa shape index (κ2) is 8.35. The molecule has 0 saturated carbocycles. The highest BCUT2D eigenvalue weighted by Crippen LogP contribution is 2.22. The van der Waals surface area contributed by atoms with Crippen molar-refractivity contribution in [2.75, 3.05) is 13.3 Å². The van der Waals surface area contributed by atoms with Gasteiger partial charge >= 0.3 is 0 Å². The van der Waals surface area contributed by atoms with Gasteiger partial charge in [-0.3, -0.25) is 16.3 Å². The van der Waals surface area contributed by atoms with Gasteiger partial charge in [0.2, 0.25) is 0 Å². The van der Waals surface area contributed by atoms with Gasteiger partial charge in [-0.2, -0.15) is 5.10 Å². The molecule has 7 nitrogen and oxygen atoms in total. The number of benzene rings is 1. The molecule has 0 radical (unpaired) electrons. The first-order valence-corrected chi connectivity index (χ1v) is 8.72. The standard InChI is InChI=1S/C18H24ClFN4O3/c1-17(2,3)24-16(25)15(19)14(10-23-24)26-11-12-4-6-13(7-5-12)18(21,22)27-9-8-20/h4-7,10H,8-9,11,21-22H2,1-3H3. The minimum atomic E-state index is -1.57. The molecule has 0 fully saturated rings. The molecule has 9 heteroatoms. The van der Waals surface area contributed by atoms with Crippen molar-refractivity contribution in [3.05, 3.63) is 57.0 Å². The molecule has 27 heavy (non-hydrogen) atoms. The number of ether oxygens (including phenoxy) is 2. The third kappa shape index (κ3) is 5.26. The van der Waals surface area contributed by atoms with Crippen molar-refractivity contribution in [1.29, 1.82) is 0 Å². The Balaban J connectivity index is 2.09. The van der Waals surface area contributed by atoms with E-state index in [4.69, 9.17) is 32.5 Å². The Morgan fingerprint density at radius 2 is 1.85 bits per heavy atom. The number of aromatic nitrogens is 2. The Hall–Kier alpha value is -2.00. The second-order valence-corrected chi connectivity index (χ2v) is 7.40. The Morgan fingerprint density at radius 3 is 2.41 bits per heavy atom. The zero-order chi connectivity index (χ0) is 20.2. The van der Waals surface area contributed by atoms with Gasteiger partial charge in [-0.15, -0.1) is 0 Å². The fraction of sp³-hybridized carbons (Fsp3) is 0.444. The van der Waals surface area contributed by atoms with E-state index in [1.807, 2.05) is 20.8 Å². The molecule has 1 heterocycles. The molecule has 0 atom stereocenters. The lowest BCUT2D eigenvalue weighted by Gasteiger charge is -2.25. The molecule has 148 valence electrons. The molecule has 0 aliphatic rings. The molecule has 0 spiro atoms. The van der Waals surface area contributed by atoms with Crippen LogP contribution in [0.5, 0.6) is 5.75 Å². The molecule has 0 aliphatic heterocycles. The molecule has 1 aromatic heterocycles. The highest BCUT2D eigenvalue weighted by atomic mass is 35.5. The third-order valence-corrected chi connectivity index (χ3v) is 4.09. The normalized spacial score (nSPS) is 12.3. The first kappa shape index (κ1) is 21.3. The topological polar surface area (TPSA) is 105 Å².